The molecule has 0 aromatic rings. The first-order chi connectivity index (χ1) is 8.55. The van der Waals surface area contributed by atoms with Crippen LogP contribution in [0.25, 0.3) is 0 Å². The molecule has 1 heterocycles. The molecule has 0 aliphatic carbocycles. The maximum absolute atomic E-state index is 12.0. The van der Waals surface area contributed by atoms with E-state index in [1.54, 1.807) is 0 Å². The molecule has 19 heavy (non-hydrogen) atoms. The molecule has 1 saturated heterocycles. The number of amides is 1. The Morgan fingerprint density at radius 3 is 2.47 bits per heavy atom. The van der Waals surface area contributed by atoms with Crippen molar-refractivity contribution in [1.82, 2.24) is 9.62 Å². The molecule has 1 aliphatic heterocycles. The Hall–Kier alpha value is -1.15. The predicted octanol–water partition coefficient (Wildman–Crippen LogP) is -0.363. The maximum Gasteiger partial charge on any atom is 0.310 e. The van der Waals surface area contributed by atoms with E-state index in [1.165, 1.54) is 13.8 Å². The third-order valence-electron chi connectivity index (χ3n) is 3.22. The average molecular weight is 292 g/mol. The number of hydrogen-bond acceptors (Lipinski definition) is 4. The molecular formula is C11H20N2O5S. The maximum atomic E-state index is 12.0. The third-order valence-corrected chi connectivity index (χ3v) is 4.50. The minimum Gasteiger partial charge on any atom is -0.481 e. The van der Waals surface area contributed by atoms with Crippen molar-refractivity contribution >= 4 is 21.9 Å². The second kappa shape index (κ2) is 5.46. The van der Waals surface area contributed by atoms with E-state index in [9.17, 15) is 18.0 Å². The van der Waals surface area contributed by atoms with Gasteiger partial charge in [0.25, 0.3) is 0 Å². The lowest BCUT2D eigenvalue weighted by molar-refractivity contribution is -0.146. The minimum absolute atomic E-state index is 0.0325. The van der Waals surface area contributed by atoms with E-state index in [2.05, 4.69) is 5.32 Å². The lowest BCUT2D eigenvalue weighted by Crippen LogP contribution is -2.48. The van der Waals surface area contributed by atoms with Gasteiger partial charge >= 0.3 is 5.97 Å². The molecule has 1 aliphatic rings. The number of aliphatic carboxylic acids is 1. The number of hydrogen-bond donors (Lipinski definition) is 2. The molecule has 0 aromatic heterocycles. The molecule has 1 atom stereocenters. The number of carbonyl (C=O) groups excluding carboxylic acids is 1. The molecule has 110 valence electrons. The molecule has 1 fully saturated rings. The Bertz CT molecular complexity index is 471. The summed E-state index contributed by atoms with van der Waals surface area (Å²) in [4.78, 5) is 22.9. The first-order valence-corrected chi connectivity index (χ1v) is 7.88. The molecule has 8 heteroatoms. The Kier molecular flexibility index (Phi) is 4.57. The van der Waals surface area contributed by atoms with Crippen molar-refractivity contribution in [2.45, 2.75) is 32.7 Å². The van der Waals surface area contributed by atoms with Crippen LogP contribution in [-0.4, -0.2) is 55.1 Å². The smallest absolute Gasteiger partial charge is 0.310 e. The summed E-state index contributed by atoms with van der Waals surface area (Å²) >= 11 is 0. The minimum atomic E-state index is -3.41. The number of rotatable bonds is 5. The number of carboxylic acids is 1. The van der Waals surface area contributed by atoms with Crippen LogP contribution in [0.4, 0.5) is 0 Å². The van der Waals surface area contributed by atoms with Gasteiger partial charge in [-0.3, -0.25) is 9.59 Å². The standard InChI is InChI=1S/C11H20N2O5S/c1-11(2,10(15)16)7-12-9(14)8-5-4-6-13(8)19(3,17)18/h8H,4-7H2,1-3H3,(H,12,14)(H,15,16). The molecule has 0 radical (unpaired) electrons. The van der Waals surface area contributed by atoms with E-state index in [0.717, 1.165) is 10.6 Å². The normalized spacial score (nSPS) is 21.3. The first kappa shape index (κ1) is 15.9. The van der Waals surface area contributed by atoms with Crippen LogP contribution in [0.2, 0.25) is 0 Å². The van der Waals surface area contributed by atoms with Gasteiger partial charge in [-0.25, -0.2) is 8.42 Å². The van der Waals surface area contributed by atoms with Gasteiger partial charge in [0.1, 0.15) is 6.04 Å². The van der Waals surface area contributed by atoms with Crippen molar-refractivity contribution in [3.05, 3.63) is 0 Å². The van der Waals surface area contributed by atoms with E-state index in [4.69, 9.17) is 5.11 Å². The van der Waals surface area contributed by atoms with E-state index in [0.29, 0.717) is 19.4 Å². The zero-order chi connectivity index (χ0) is 14.8. The average Bonchev–Trinajstić information content (AvgIpc) is 2.74. The van der Waals surface area contributed by atoms with Crippen molar-refractivity contribution in [2.75, 3.05) is 19.3 Å². The number of carboxylic acid groups (broad SMARTS) is 1. The van der Waals surface area contributed by atoms with Gasteiger partial charge in [-0.05, 0) is 26.7 Å². The van der Waals surface area contributed by atoms with Gasteiger partial charge in [0.15, 0.2) is 0 Å². The van der Waals surface area contributed by atoms with Crippen molar-refractivity contribution in [2.24, 2.45) is 5.41 Å². The van der Waals surface area contributed by atoms with E-state index < -0.39 is 33.4 Å². The fourth-order valence-corrected chi connectivity index (χ4v) is 3.02. The van der Waals surface area contributed by atoms with Gasteiger partial charge in [-0.15, -0.1) is 0 Å². The van der Waals surface area contributed by atoms with E-state index >= 15 is 0 Å². The lowest BCUT2D eigenvalue weighted by atomic mass is 9.94. The lowest BCUT2D eigenvalue weighted by Gasteiger charge is -2.24. The molecular weight excluding hydrogens is 272 g/mol. The van der Waals surface area contributed by atoms with Crippen LogP contribution in [0, 0.1) is 5.41 Å². The quantitative estimate of drug-likeness (QED) is 0.720. The van der Waals surface area contributed by atoms with E-state index in [-0.39, 0.29) is 6.54 Å². The van der Waals surface area contributed by atoms with Crippen LogP contribution in [-0.2, 0) is 19.6 Å². The monoisotopic (exact) mass is 292 g/mol. The van der Waals surface area contributed by atoms with Gasteiger partial charge in [-0.2, -0.15) is 4.31 Å². The van der Waals surface area contributed by atoms with Crippen molar-refractivity contribution in [3.63, 3.8) is 0 Å². The summed E-state index contributed by atoms with van der Waals surface area (Å²) in [6, 6.07) is -0.723. The second-order valence-electron chi connectivity index (χ2n) is 5.44. The number of nitrogens with zero attached hydrogens (tertiary/aromatic N) is 1. The Balaban J connectivity index is 2.66. The van der Waals surface area contributed by atoms with Crippen LogP contribution in [0.1, 0.15) is 26.7 Å². The summed E-state index contributed by atoms with van der Waals surface area (Å²) in [5, 5.41) is 11.5. The Morgan fingerprint density at radius 2 is 2.00 bits per heavy atom. The number of carbonyl (C=O) groups is 2. The Morgan fingerprint density at radius 1 is 1.42 bits per heavy atom. The van der Waals surface area contributed by atoms with Crippen LogP contribution in [0.15, 0.2) is 0 Å². The molecule has 0 bridgehead atoms. The number of nitrogens with one attached hydrogen (secondary N) is 1. The second-order valence-corrected chi connectivity index (χ2v) is 7.37. The fraction of sp³-hybridized carbons (Fsp3) is 0.818. The highest BCUT2D eigenvalue weighted by atomic mass is 32.2. The molecule has 0 spiro atoms. The SMILES string of the molecule is CC(C)(CNC(=O)C1CCCN1S(C)(=O)=O)C(=O)O. The van der Waals surface area contributed by atoms with Crippen molar-refractivity contribution in [1.29, 1.82) is 0 Å². The summed E-state index contributed by atoms with van der Waals surface area (Å²) in [6.45, 7) is 3.30. The van der Waals surface area contributed by atoms with Crippen molar-refractivity contribution in [3.8, 4) is 0 Å². The highest BCUT2D eigenvalue weighted by molar-refractivity contribution is 7.88. The zero-order valence-electron chi connectivity index (χ0n) is 11.3. The first-order valence-electron chi connectivity index (χ1n) is 6.03. The number of sulfonamides is 1. The van der Waals surface area contributed by atoms with Crippen LogP contribution in [0.3, 0.4) is 0 Å². The molecule has 2 N–H and O–H groups in total. The van der Waals surface area contributed by atoms with Crippen LogP contribution in [0.5, 0.6) is 0 Å². The zero-order valence-corrected chi connectivity index (χ0v) is 12.2. The summed E-state index contributed by atoms with van der Waals surface area (Å²) in [5.41, 5.74) is -1.08. The van der Waals surface area contributed by atoms with Gasteiger partial charge < -0.3 is 10.4 Å². The largest absolute Gasteiger partial charge is 0.481 e. The third kappa shape index (κ3) is 3.90. The predicted molar refractivity (Wildman–Crippen MR) is 69.0 cm³/mol. The molecule has 1 amide bonds. The topological polar surface area (TPSA) is 104 Å². The van der Waals surface area contributed by atoms with Gasteiger partial charge in [0, 0.05) is 13.1 Å². The molecule has 1 unspecified atom stereocenters. The van der Waals surface area contributed by atoms with Gasteiger partial charge in [0.2, 0.25) is 15.9 Å². The van der Waals surface area contributed by atoms with Crippen molar-refractivity contribution < 1.29 is 23.1 Å². The fourth-order valence-electron chi connectivity index (χ4n) is 1.90. The summed E-state index contributed by atoms with van der Waals surface area (Å²) in [7, 11) is -3.41. The van der Waals surface area contributed by atoms with Gasteiger partial charge in [0.05, 0.1) is 11.7 Å². The summed E-state index contributed by atoms with van der Waals surface area (Å²) in [5.74, 6) is -1.45. The Labute approximate surface area is 113 Å². The summed E-state index contributed by atoms with van der Waals surface area (Å²) in [6.07, 6.45) is 2.17. The molecule has 7 nitrogen and oxygen atoms in total. The highest BCUT2D eigenvalue weighted by Crippen LogP contribution is 2.21. The molecule has 1 rings (SSSR count). The van der Waals surface area contributed by atoms with Crippen LogP contribution < -0.4 is 5.32 Å². The van der Waals surface area contributed by atoms with E-state index in [1.807, 2.05) is 0 Å². The molecule has 0 aromatic carbocycles. The summed E-state index contributed by atoms with van der Waals surface area (Å²) < 4.78 is 24.2. The highest BCUT2D eigenvalue weighted by Gasteiger charge is 2.37. The molecule has 0 saturated carbocycles. The van der Waals surface area contributed by atoms with Crippen LogP contribution >= 0.6 is 0 Å². The van der Waals surface area contributed by atoms with Gasteiger partial charge in [-0.1, -0.05) is 0 Å².